The molecule has 0 aromatic heterocycles. The van der Waals surface area contributed by atoms with Gasteiger partial charge in [-0.25, -0.2) is 4.79 Å². The number of nitrogens with zero attached hydrogens (tertiary/aromatic N) is 2. The second-order valence-electron chi connectivity index (χ2n) is 3.81. The molecule has 100 valence electrons. The molecule has 1 aliphatic rings. The molecule has 0 unspecified atom stereocenters. The molecule has 19 heavy (non-hydrogen) atoms. The van der Waals surface area contributed by atoms with Gasteiger partial charge in [-0.2, -0.15) is 8.42 Å². The van der Waals surface area contributed by atoms with Crippen LogP contribution in [0.2, 0.25) is 0 Å². The van der Waals surface area contributed by atoms with Gasteiger partial charge in [-0.15, -0.1) is 4.40 Å². The van der Waals surface area contributed by atoms with Gasteiger partial charge in [0.1, 0.15) is 0 Å². The Kier molecular flexibility index (Phi) is 3.39. The van der Waals surface area contributed by atoms with E-state index >= 15 is 0 Å². The number of rotatable bonds is 2. The Hall–Kier alpha value is -2.15. The highest BCUT2D eigenvalue weighted by atomic mass is 32.2. The predicted octanol–water partition coefficient (Wildman–Crippen LogP) is 0.832. The first-order chi connectivity index (χ1) is 8.95. The second-order valence-corrected chi connectivity index (χ2v) is 5.43. The van der Waals surface area contributed by atoms with E-state index in [1.807, 2.05) is 6.07 Å². The summed E-state index contributed by atoms with van der Waals surface area (Å²) in [5.74, 6) is -0.787. The Bertz CT molecular complexity index is 662. The highest BCUT2D eigenvalue weighted by Gasteiger charge is 2.28. The molecule has 1 aromatic rings. The van der Waals surface area contributed by atoms with Crippen molar-refractivity contribution in [2.45, 2.75) is 0 Å². The Morgan fingerprint density at radius 3 is 2.47 bits per heavy atom. The maximum Gasteiger partial charge on any atom is 0.357 e. The Labute approximate surface area is 111 Å². The van der Waals surface area contributed by atoms with Gasteiger partial charge in [0, 0.05) is 7.05 Å². The third-order valence-electron chi connectivity index (χ3n) is 2.64. The SMILES string of the molecule is COC(=O)C1=NS(=O)(=O)N(C)C(c2ccccc2)=C1. The fraction of sp³-hybridized carbons (Fsp3) is 0.167. The highest BCUT2D eigenvalue weighted by Crippen LogP contribution is 2.25. The minimum atomic E-state index is -3.91. The summed E-state index contributed by atoms with van der Waals surface area (Å²) in [5.41, 5.74) is 0.806. The van der Waals surface area contributed by atoms with Crippen molar-refractivity contribution in [2.75, 3.05) is 14.2 Å². The number of hydrogen-bond acceptors (Lipinski definition) is 4. The van der Waals surface area contributed by atoms with Crippen molar-refractivity contribution in [3.05, 3.63) is 42.0 Å². The first-order valence-corrected chi connectivity index (χ1v) is 6.79. The Morgan fingerprint density at radius 2 is 1.89 bits per heavy atom. The number of carbonyl (C=O) groups excluding carboxylic acids is 1. The fourth-order valence-electron chi connectivity index (χ4n) is 1.63. The van der Waals surface area contributed by atoms with Crippen molar-refractivity contribution in [1.82, 2.24) is 4.31 Å². The van der Waals surface area contributed by atoms with E-state index < -0.39 is 16.2 Å². The molecule has 0 radical (unpaired) electrons. The lowest BCUT2D eigenvalue weighted by atomic mass is 10.1. The van der Waals surface area contributed by atoms with Gasteiger partial charge in [-0.1, -0.05) is 30.3 Å². The first kappa shape index (κ1) is 13.3. The summed E-state index contributed by atoms with van der Waals surface area (Å²) in [7, 11) is -1.36. The summed E-state index contributed by atoms with van der Waals surface area (Å²) >= 11 is 0. The quantitative estimate of drug-likeness (QED) is 0.752. The smallest absolute Gasteiger partial charge is 0.357 e. The average molecular weight is 280 g/mol. The molecule has 0 saturated carbocycles. The molecule has 0 amide bonds. The van der Waals surface area contributed by atoms with Gasteiger partial charge in [0.2, 0.25) is 0 Å². The molecule has 1 heterocycles. The van der Waals surface area contributed by atoms with Gasteiger partial charge in [0.15, 0.2) is 5.71 Å². The molecular formula is C12H12N2O4S. The first-order valence-electron chi connectivity index (χ1n) is 5.40. The van der Waals surface area contributed by atoms with Crippen LogP contribution in [0.3, 0.4) is 0 Å². The summed E-state index contributed by atoms with van der Waals surface area (Å²) in [6.45, 7) is 0. The number of hydrogen-bond donors (Lipinski definition) is 0. The molecular weight excluding hydrogens is 268 g/mol. The van der Waals surface area contributed by atoms with Crippen LogP contribution in [-0.4, -0.2) is 38.6 Å². The third-order valence-corrected chi connectivity index (χ3v) is 3.95. The van der Waals surface area contributed by atoms with Crippen LogP contribution >= 0.6 is 0 Å². The number of esters is 1. The van der Waals surface area contributed by atoms with E-state index in [4.69, 9.17) is 0 Å². The molecule has 0 bridgehead atoms. The van der Waals surface area contributed by atoms with Crippen molar-refractivity contribution in [3.8, 4) is 0 Å². The van der Waals surface area contributed by atoms with Crippen LogP contribution < -0.4 is 0 Å². The van der Waals surface area contributed by atoms with Crippen LogP contribution in [0.1, 0.15) is 5.56 Å². The zero-order chi connectivity index (χ0) is 14.0. The van der Waals surface area contributed by atoms with E-state index in [0.717, 1.165) is 4.31 Å². The maximum absolute atomic E-state index is 11.9. The summed E-state index contributed by atoms with van der Waals surface area (Å²) in [4.78, 5) is 11.5. The molecule has 1 aromatic carbocycles. The molecule has 0 aliphatic carbocycles. The molecule has 7 heteroatoms. The van der Waals surface area contributed by atoms with Crippen molar-refractivity contribution < 1.29 is 17.9 Å². The average Bonchev–Trinajstić information content (AvgIpc) is 2.41. The van der Waals surface area contributed by atoms with Gasteiger partial charge in [-0.05, 0) is 11.6 Å². The molecule has 0 N–H and O–H groups in total. The highest BCUT2D eigenvalue weighted by molar-refractivity contribution is 7.88. The van der Waals surface area contributed by atoms with Crippen molar-refractivity contribution in [2.24, 2.45) is 4.40 Å². The van der Waals surface area contributed by atoms with E-state index in [1.54, 1.807) is 24.3 Å². The predicted molar refractivity (Wildman–Crippen MR) is 70.6 cm³/mol. The lowest BCUT2D eigenvalue weighted by molar-refractivity contribution is -0.132. The van der Waals surface area contributed by atoms with Crippen LogP contribution in [0.5, 0.6) is 0 Å². The van der Waals surface area contributed by atoms with Crippen molar-refractivity contribution in [3.63, 3.8) is 0 Å². The molecule has 0 fully saturated rings. The van der Waals surface area contributed by atoms with Crippen molar-refractivity contribution in [1.29, 1.82) is 0 Å². The Morgan fingerprint density at radius 1 is 1.26 bits per heavy atom. The fourth-order valence-corrected chi connectivity index (χ4v) is 2.54. The summed E-state index contributed by atoms with van der Waals surface area (Å²) in [6, 6.07) is 8.87. The number of ether oxygens (including phenoxy) is 1. The second kappa shape index (κ2) is 4.85. The lowest BCUT2D eigenvalue weighted by Crippen LogP contribution is -2.31. The van der Waals surface area contributed by atoms with Crippen LogP contribution in [0.25, 0.3) is 5.70 Å². The number of carbonyl (C=O) groups is 1. The van der Waals surface area contributed by atoms with Gasteiger partial charge in [0.25, 0.3) is 0 Å². The van der Waals surface area contributed by atoms with Crippen molar-refractivity contribution >= 4 is 27.6 Å². The van der Waals surface area contributed by atoms with E-state index in [9.17, 15) is 13.2 Å². The van der Waals surface area contributed by atoms with Crippen LogP contribution in [0, 0.1) is 0 Å². The normalized spacial score (nSPS) is 17.5. The largest absolute Gasteiger partial charge is 0.464 e. The van der Waals surface area contributed by atoms with Crippen LogP contribution in [-0.2, 0) is 19.7 Å². The topological polar surface area (TPSA) is 76.0 Å². The van der Waals surface area contributed by atoms with Gasteiger partial charge in [0.05, 0.1) is 12.8 Å². The zero-order valence-corrected chi connectivity index (χ0v) is 11.2. The standard InChI is InChI=1S/C12H12N2O4S/c1-14-11(9-6-4-3-5-7-9)8-10(12(15)18-2)13-19(14,16)17/h3-8H,1-2H3. The van der Waals surface area contributed by atoms with Crippen LogP contribution in [0.4, 0.5) is 0 Å². The maximum atomic E-state index is 11.9. The van der Waals surface area contributed by atoms with Crippen LogP contribution in [0.15, 0.2) is 40.8 Å². The van der Waals surface area contributed by atoms with Gasteiger partial charge in [-0.3, -0.25) is 4.31 Å². The number of methoxy groups -OCH3 is 1. The molecule has 2 rings (SSSR count). The van der Waals surface area contributed by atoms with E-state index in [-0.39, 0.29) is 5.71 Å². The van der Waals surface area contributed by atoms with Gasteiger partial charge < -0.3 is 4.74 Å². The molecule has 0 spiro atoms. The molecule has 0 saturated heterocycles. The third kappa shape index (κ3) is 2.50. The minimum Gasteiger partial charge on any atom is -0.464 e. The molecule has 0 atom stereocenters. The summed E-state index contributed by atoms with van der Waals surface area (Å²) < 4.78 is 32.7. The van der Waals surface area contributed by atoms with Gasteiger partial charge >= 0.3 is 16.2 Å². The number of benzene rings is 1. The molecule has 1 aliphatic heterocycles. The van der Waals surface area contributed by atoms with E-state index in [2.05, 4.69) is 9.13 Å². The summed E-state index contributed by atoms with van der Waals surface area (Å²) in [5, 5.41) is 0. The monoisotopic (exact) mass is 280 g/mol. The minimum absolute atomic E-state index is 0.237. The molecule has 6 nitrogen and oxygen atoms in total. The lowest BCUT2D eigenvalue weighted by Gasteiger charge is -2.23. The van der Waals surface area contributed by atoms with E-state index in [0.29, 0.717) is 11.3 Å². The zero-order valence-electron chi connectivity index (χ0n) is 10.4. The Balaban J connectivity index is 2.57. The summed E-state index contributed by atoms with van der Waals surface area (Å²) in [6.07, 6.45) is 1.39. The van der Waals surface area contributed by atoms with E-state index in [1.165, 1.54) is 20.2 Å².